The summed E-state index contributed by atoms with van der Waals surface area (Å²) in [6.45, 7) is 1.12. The van der Waals surface area contributed by atoms with E-state index in [0.29, 0.717) is 18.7 Å². The number of piperidine rings is 1. The summed E-state index contributed by atoms with van der Waals surface area (Å²) in [6, 6.07) is 19.7. The van der Waals surface area contributed by atoms with Gasteiger partial charge in [-0.05, 0) is 48.6 Å². The van der Waals surface area contributed by atoms with E-state index in [-0.39, 0.29) is 10.8 Å². The van der Waals surface area contributed by atoms with Gasteiger partial charge in [0, 0.05) is 29.7 Å². The summed E-state index contributed by atoms with van der Waals surface area (Å²) >= 11 is 0. The van der Waals surface area contributed by atoms with Gasteiger partial charge in [0.2, 0.25) is 10.0 Å². The molecule has 0 radical (unpaired) electrons. The molecule has 1 heterocycles. The zero-order valence-corrected chi connectivity index (χ0v) is 16.3. The van der Waals surface area contributed by atoms with Crippen LogP contribution in [0.3, 0.4) is 0 Å². The first kappa shape index (κ1) is 18.7. The predicted octanol–water partition coefficient (Wildman–Crippen LogP) is 4.27. The van der Waals surface area contributed by atoms with E-state index in [1.54, 1.807) is 12.1 Å². The average Bonchev–Trinajstić information content (AvgIpc) is 2.75. The topological polar surface area (TPSA) is 66.5 Å². The van der Waals surface area contributed by atoms with Gasteiger partial charge in [-0.1, -0.05) is 42.8 Å². The maximum atomic E-state index is 12.7. The Morgan fingerprint density at radius 1 is 0.821 bits per heavy atom. The molecule has 1 fully saturated rings. The van der Waals surface area contributed by atoms with Crippen molar-refractivity contribution < 1.29 is 13.2 Å². The summed E-state index contributed by atoms with van der Waals surface area (Å²) in [7, 11) is -3.49. The molecule has 1 amide bonds. The van der Waals surface area contributed by atoms with E-state index in [9.17, 15) is 13.2 Å². The summed E-state index contributed by atoms with van der Waals surface area (Å²) in [6.07, 6.45) is 2.86. The van der Waals surface area contributed by atoms with Crippen molar-refractivity contribution in [2.45, 2.75) is 24.2 Å². The van der Waals surface area contributed by atoms with Crippen LogP contribution in [0, 0.1) is 0 Å². The van der Waals surface area contributed by atoms with Gasteiger partial charge in [-0.15, -0.1) is 0 Å². The van der Waals surface area contributed by atoms with E-state index in [4.69, 9.17) is 0 Å². The Morgan fingerprint density at radius 3 is 2.25 bits per heavy atom. The highest BCUT2D eigenvalue weighted by Crippen LogP contribution is 2.24. The molecule has 1 aliphatic rings. The molecule has 1 saturated heterocycles. The van der Waals surface area contributed by atoms with Crippen molar-refractivity contribution in [3.63, 3.8) is 0 Å². The second-order valence-corrected chi connectivity index (χ2v) is 8.91. The second kappa shape index (κ2) is 7.73. The van der Waals surface area contributed by atoms with Crippen LogP contribution in [-0.2, 0) is 10.0 Å². The van der Waals surface area contributed by atoms with Crippen molar-refractivity contribution in [3.05, 3.63) is 72.3 Å². The van der Waals surface area contributed by atoms with Gasteiger partial charge in [-0.2, -0.15) is 4.31 Å². The molecule has 0 saturated carbocycles. The monoisotopic (exact) mass is 394 g/mol. The van der Waals surface area contributed by atoms with Gasteiger partial charge in [-0.25, -0.2) is 8.42 Å². The van der Waals surface area contributed by atoms with Gasteiger partial charge < -0.3 is 5.32 Å². The van der Waals surface area contributed by atoms with Gasteiger partial charge in [0.15, 0.2) is 0 Å². The van der Waals surface area contributed by atoms with Crippen molar-refractivity contribution >= 4 is 32.4 Å². The molecule has 0 unspecified atom stereocenters. The summed E-state index contributed by atoms with van der Waals surface area (Å²) in [5, 5.41) is 4.93. The van der Waals surface area contributed by atoms with Crippen LogP contribution in [0.5, 0.6) is 0 Å². The molecule has 6 heteroatoms. The number of nitrogens with one attached hydrogen (secondary N) is 1. The van der Waals surface area contributed by atoms with Crippen molar-refractivity contribution in [2.24, 2.45) is 0 Å². The van der Waals surface area contributed by atoms with Crippen molar-refractivity contribution in [2.75, 3.05) is 18.4 Å². The van der Waals surface area contributed by atoms with Crippen molar-refractivity contribution in [3.8, 4) is 0 Å². The summed E-state index contributed by atoms with van der Waals surface area (Å²) < 4.78 is 27.0. The van der Waals surface area contributed by atoms with Crippen molar-refractivity contribution in [1.82, 2.24) is 4.31 Å². The maximum absolute atomic E-state index is 12.7. The standard InChI is InChI=1S/C22H22N2O3S/c25-22(23-21-10-6-8-17-7-2-3-9-20(17)21)18-11-13-19(14-12-18)28(26,27)24-15-4-1-5-16-24/h2-3,6-14H,1,4-5,15-16H2,(H,23,25). The second-order valence-electron chi connectivity index (χ2n) is 6.97. The van der Waals surface area contributed by atoms with Crippen LogP contribution in [0.2, 0.25) is 0 Å². The molecular formula is C22H22N2O3S. The first-order valence-electron chi connectivity index (χ1n) is 9.45. The average molecular weight is 394 g/mol. The summed E-state index contributed by atoms with van der Waals surface area (Å²) in [5.74, 6) is -0.265. The Bertz CT molecular complexity index is 1100. The quantitative estimate of drug-likeness (QED) is 0.719. The number of anilines is 1. The molecule has 5 nitrogen and oxygen atoms in total. The molecule has 0 aromatic heterocycles. The van der Waals surface area contributed by atoms with Gasteiger partial charge in [0.25, 0.3) is 5.91 Å². The van der Waals surface area contributed by atoms with Crippen molar-refractivity contribution in [1.29, 1.82) is 0 Å². The lowest BCUT2D eigenvalue weighted by Crippen LogP contribution is -2.35. The third kappa shape index (κ3) is 3.66. The number of hydrogen-bond donors (Lipinski definition) is 1. The molecule has 1 aliphatic heterocycles. The molecule has 0 bridgehead atoms. The maximum Gasteiger partial charge on any atom is 0.255 e. The highest BCUT2D eigenvalue weighted by Gasteiger charge is 2.25. The lowest BCUT2D eigenvalue weighted by Gasteiger charge is -2.25. The number of rotatable bonds is 4. The number of fused-ring (bicyclic) bond motifs is 1. The third-order valence-electron chi connectivity index (χ3n) is 5.11. The Kier molecular flexibility index (Phi) is 5.15. The number of sulfonamides is 1. The molecule has 0 atom stereocenters. The van der Waals surface area contributed by atoms with Gasteiger partial charge in [0.05, 0.1) is 4.90 Å². The molecule has 0 aliphatic carbocycles. The highest BCUT2D eigenvalue weighted by atomic mass is 32.2. The number of amides is 1. The Balaban J connectivity index is 1.54. The van der Waals surface area contributed by atoms with Crippen LogP contribution in [0.1, 0.15) is 29.6 Å². The summed E-state index contributed by atoms with van der Waals surface area (Å²) in [4.78, 5) is 12.9. The smallest absolute Gasteiger partial charge is 0.255 e. The Morgan fingerprint density at radius 2 is 1.50 bits per heavy atom. The van der Waals surface area contributed by atoms with Gasteiger partial charge >= 0.3 is 0 Å². The van der Waals surface area contributed by atoms with Gasteiger partial charge in [-0.3, -0.25) is 4.79 Å². The molecule has 0 spiro atoms. The number of carbonyl (C=O) groups is 1. The fraction of sp³-hybridized carbons (Fsp3) is 0.227. The number of nitrogens with zero attached hydrogens (tertiary/aromatic N) is 1. The number of hydrogen-bond acceptors (Lipinski definition) is 3. The zero-order chi connectivity index (χ0) is 19.6. The van der Waals surface area contributed by atoms with E-state index in [1.807, 2.05) is 42.5 Å². The van der Waals surface area contributed by atoms with Crippen LogP contribution in [0.15, 0.2) is 71.6 Å². The fourth-order valence-electron chi connectivity index (χ4n) is 3.56. The minimum atomic E-state index is -3.49. The predicted molar refractivity (Wildman–Crippen MR) is 111 cm³/mol. The van der Waals surface area contributed by atoms with Crippen LogP contribution in [0.25, 0.3) is 10.8 Å². The Hall–Kier alpha value is -2.70. The van der Waals surface area contributed by atoms with Crippen LogP contribution < -0.4 is 5.32 Å². The largest absolute Gasteiger partial charge is 0.321 e. The minimum absolute atomic E-state index is 0.233. The molecule has 3 aromatic rings. The molecule has 1 N–H and O–H groups in total. The molecule has 4 rings (SSSR count). The molecule has 28 heavy (non-hydrogen) atoms. The van der Waals surface area contributed by atoms with E-state index in [0.717, 1.165) is 35.7 Å². The number of benzene rings is 3. The van der Waals surface area contributed by atoms with E-state index < -0.39 is 10.0 Å². The lowest BCUT2D eigenvalue weighted by molar-refractivity contribution is 0.102. The normalized spacial score (nSPS) is 15.4. The summed E-state index contributed by atoms with van der Waals surface area (Å²) in [5.41, 5.74) is 1.15. The first-order chi connectivity index (χ1) is 13.6. The molecule has 3 aromatic carbocycles. The van der Waals surface area contributed by atoms with Crippen LogP contribution in [-0.4, -0.2) is 31.7 Å². The Labute approximate surface area is 165 Å². The van der Waals surface area contributed by atoms with Gasteiger partial charge in [0.1, 0.15) is 0 Å². The zero-order valence-electron chi connectivity index (χ0n) is 15.5. The fourth-order valence-corrected chi connectivity index (χ4v) is 5.08. The van der Waals surface area contributed by atoms with E-state index in [1.165, 1.54) is 16.4 Å². The molecular weight excluding hydrogens is 372 g/mol. The van der Waals surface area contributed by atoms with E-state index >= 15 is 0 Å². The lowest BCUT2D eigenvalue weighted by atomic mass is 10.1. The number of carbonyl (C=O) groups excluding carboxylic acids is 1. The van der Waals surface area contributed by atoms with Crippen LogP contribution >= 0.6 is 0 Å². The third-order valence-corrected chi connectivity index (χ3v) is 7.02. The van der Waals surface area contributed by atoms with Crippen LogP contribution in [0.4, 0.5) is 5.69 Å². The first-order valence-corrected chi connectivity index (χ1v) is 10.9. The van der Waals surface area contributed by atoms with E-state index in [2.05, 4.69) is 5.32 Å². The minimum Gasteiger partial charge on any atom is -0.321 e. The SMILES string of the molecule is O=C(Nc1cccc2ccccc12)c1ccc(S(=O)(=O)N2CCCCC2)cc1. The highest BCUT2D eigenvalue weighted by molar-refractivity contribution is 7.89. The molecule has 144 valence electrons.